The SMILES string of the molecule is [N-]=[N+]=NC1(c2ccc(C(F)(F)F)cc2)CCOc2ccccc21. The Hall–Kier alpha value is -2.66. The molecule has 0 spiro atoms. The number of alkyl halides is 3. The predicted molar refractivity (Wildman–Crippen MR) is 77.9 cm³/mol. The summed E-state index contributed by atoms with van der Waals surface area (Å²) < 4.78 is 43.8. The van der Waals surface area contributed by atoms with Crippen LogP contribution in [0, 0.1) is 0 Å². The van der Waals surface area contributed by atoms with Crippen molar-refractivity contribution in [1.82, 2.24) is 0 Å². The number of rotatable bonds is 2. The van der Waals surface area contributed by atoms with E-state index >= 15 is 0 Å². The zero-order valence-electron chi connectivity index (χ0n) is 11.9. The fraction of sp³-hybridized carbons (Fsp3) is 0.250. The van der Waals surface area contributed by atoms with Crippen molar-refractivity contribution >= 4 is 0 Å². The maximum absolute atomic E-state index is 12.7. The molecular formula is C16H12F3N3O. The Bertz CT molecular complexity index is 767. The Morgan fingerprint density at radius 1 is 1.09 bits per heavy atom. The van der Waals surface area contributed by atoms with E-state index in [0.29, 0.717) is 29.9 Å². The first-order valence-electron chi connectivity index (χ1n) is 6.94. The van der Waals surface area contributed by atoms with Gasteiger partial charge in [-0.2, -0.15) is 13.2 Å². The van der Waals surface area contributed by atoms with Gasteiger partial charge in [-0.3, -0.25) is 0 Å². The molecule has 3 rings (SSSR count). The summed E-state index contributed by atoms with van der Waals surface area (Å²) in [4.78, 5) is 2.93. The minimum Gasteiger partial charge on any atom is -0.493 e. The topological polar surface area (TPSA) is 58.0 Å². The van der Waals surface area contributed by atoms with E-state index in [1.807, 2.05) is 0 Å². The molecule has 4 nitrogen and oxygen atoms in total. The van der Waals surface area contributed by atoms with E-state index in [9.17, 15) is 13.2 Å². The number of nitrogens with zero attached hydrogens (tertiary/aromatic N) is 3. The van der Waals surface area contributed by atoms with Gasteiger partial charge < -0.3 is 4.74 Å². The van der Waals surface area contributed by atoms with Crippen LogP contribution >= 0.6 is 0 Å². The van der Waals surface area contributed by atoms with E-state index in [4.69, 9.17) is 10.3 Å². The number of azide groups is 1. The first-order valence-corrected chi connectivity index (χ1v) is 6.94. The lowest BCUT2D eigenvalue weighted by Crippen LogP contribution is -2.32. The minimum atomic E-state index is -4.40. The largest absolute Gasteiger partial charge is 0.493 e. The lowest BCUT2D eigenvalue weighted by molar-refractivity contribution is -0.137. The molecule has 2 aromatic carbocycles. The van der Waals surface area contributed by atoms with Gasteiger partial charge in [0.1, 0.15) is 11.3 Å². The molecule has 0 saturated heterocycles. The second-order valence-corrected chi connectivity index (χ2v) is 5.22. The number of fused-ring (bicyclic) bond motifs is 1. The second-order valence-electron chi connectivity index (χ2n) is 5.22. The Kier molecular flexibility index (Phi) is 3.66. The molecule has 1 heterocycles. The summed E-state index contributed by atoms with van der Waals surface area (Å²) in [7, 11) is 0. The van der Waals surface area contributed by atoms with Crippen molar-refractivity contribution in [3.8, 4) is 5.75 Å². The molecule has 0 radical (unpaired) electrons. The van der Waals surface area contributed by atoms with Crippen LogP contribution in [0.3, 0.4) is 0 Å². The normalized spacial score (nSPS) is 20.1. The van der Waals surface area contributed by atoms with Gasteiger partial charge in [-0.1, -0.05) is 35.4 Å². The fourth-order valence-corrected chi connectivity index (χ4v) is 2.85. The number of ether oxygens (including phenoxy) is 1. The van der Waals surface area contributed by atoms with Crippen LogP contribution in [0.25, 0.3) is 10.4 Å². The number of hydrogen-bond acceptors (Lipinski definition) is 2. The molecule has 2 aromatic rings. The van der Waals surface area contributed by atoms with Gasteiger partial charge in [0, 0.05) is 16.9 Å². The Morgan fingerprint density at radius 3 is 2.43 bits per heavy atom. The molecule has 0 amide bonds. The van der Waals surface area contributed by atoms with Gasteiger partial charge in [0.2, 0.25) is 0 Å². The summed E-state index contributed by atoms with van der Waals surface area (Å²) in [6, 6.07) is 11.8. The summed E-state index contributed by atoms with van der Waals surface area (Å²) in [5.74, 6) is 0.575. The molecule has 1 atom stereocenters. The lowest BCUT2D eigenvalue weighted by atomic mass is 9.79. The summed E-state index contributed by atoms with van der Waals surface area (Å²) >= 11 is 0. The molecule has 0 fully saturated rings. The number of benzene rings is 2. The molecule has 1 aliphatic rings. The third-order valence-corrected chi connectivity index (χ3v) is 3.96. The average molecular weight is 319 g/mol. The zero-order chi connectivity index (χ0) is 16.5. The first kappa shape index (κ1) is 15.2. The summed E-state index contributed by atoms with van der Waals surface area (Å²) in [6.07, 6.45) is -4.04. The van der Waals surface area contributed by atoms with Gasteiger partial charge in [0.05, 0.1) is 12.2 Å². The van der Waals surface area contributed by atoms with Crippen LogP contribution < -0.4 is 4.74 Å². The lowest BCUT2D eigenvalue weighted by Gasteiger charge is -2.35. The molecule has 0 saturated carbocycles. The maximum Gasteiger partial charge on any atom is 0.416 e. The van der Waals surface area contributed by atoms with Crippen molar-refractivity contribution in [2.45, 2.75) is 18.1 Å². The van der Waals surface area contributed by atoms with E-state index in [1.54, 1.807) is 24.3 Å². The van der Waals surface area contributed by atoms with Crippen molar-refractivity contribution in [3.63, 3.8) is 0 Å². The molecule has 0 bridgehead atoms. The van der Waals surface area contributed by atoms with Gasteiger partial charge in [0.15, 0.2) is 0 Å². The van der Waals surface area contributed by atoms with Crippen LogP contribution in [-0.4, -0.2) is 6.61 Å². The standard InChI is InChI=1S/C16H12F3N3O/c17-16(18,19)12-7-5-11(6-8-12)15(21-22-20)9-10-23-14-4-2-1-3-13(14)15/h1-8H,9-10H2. The van der Waals surface area contributed by atoms with Crippen LogP contribution in [0.2, 0.25) is 0 Å². The van der Waals surface area contributed by atoms with Crippen molar-refractivity contribution < 1.29 is 17.9 Å². The van der Waals surface area contributed by atoms with Crippen LogP contribution in [0.5, 0.6) is 5.75 Å². The monoisotopic (exact) mass is 319 g/mol. The maximum atomic E-state index is 12.7. The molecule has 1 aliphatic heterocycles. The third kappa shape index (κ3) is 2.59. The van der Waals surface area contributed by atoms with Gasteiger partial charge in [-0.15, -0.1) is 0 Å². The van der Waals surface area contributed by atoms with E-state index in [1.165, 1.54) is 12.1 Å². The molecule has 0 aliphatic carbocycles. The van der Waals surface area contributed by atoms with Gasteiger partial charge in [-0.05, 0) is 29.3 Å². The van der Waals surface area contributed by atoms with Crippen LogP contribution in [0.15, 0.2) is 53.6 Å². The molecule has 118 valence electrons. The highest BCUT2D eigenvalue weighted by Gasteiger charge is 2.39. The quantitative estimate of drug-likeness (QED) is 0.434. The predicted octanol–water partition coefficient (Wildman–Crippen LogP) is 5.04. The van der Waals surface area contributed by atoms with E-state index in [-0.39, 0.29) is 0 Å². The molecule has 1 unspecified atom stereocenters. The molecule has 0 N–H and O–H groups in total. The minimum absolute atomic E-state index is 0.317. The van der Waals surface area contributed by atoms with E-state index in [2.05, 4.69) is 10.0 Å². The smallest absolute Gasteiger partial charge is 0.416 e. The Balaban J connectivity index is 2.16. The number of hydrogen-bond donors (Lipinski definition) is 0. The Morgan fingerprint density at radius 2 is 1.78 bits per heavy atom. The van der Waals surface area contributed by atoms with Crippen molar-refractivity contribution in [2.24, 2.45) is 5.11 Å². The first-order chi connectivity index (χ1) is 11.0. The number of para-hydroxylation sites is 1. The molecule has 7 heteroatoms. The van der Waals surface area contributed by atoms with Crippen LogP contribution in [0.1, 0.15) is 23.1 Å². The average Bonchev–Trinajstić information content (AvgIpc) is 2.55. The van der Waals surface area contributed by atoms with Crippen molar-refractivity contribution in [3.05, 3.63) is 75.7 Å². The van der Waals surface area contributed by atoms with Gasteiger partial charge in [-0.25, -0.2) is 0 Å². The highest BCUT2D eigenvalue weighted by atomic mass is 19.4. The molecular weight excluding hydrogens is 307 g/mol. The fourth-order valence-electron chi connectivity index (χ4n) is 2.85. The van der Waals surface area contributed by atoms with Crippen molar-refractivity contribution in [1.29, 1.82) is 0 Å². The summed E-state index contributed by atoms with van der Waals surface area (Å²) in [6.45, 7) is 0.317. The van der Waals surface area contributed by atoms with E-state index in [0.717, 1.165) is 12.1 Å². The second kappa shape index (κ2) is 5.52. The highest BCUT2D eigenvalue weighted by molar-refractivity contribution is 5.48. The Labute approximate surface area is 130 Å². The van der Waals surface area contributed by atoms with Crippen molar-refractivity contribution in [2.75, 3.05) is 6.61 Å². The van der Waals surface area contributed by atoms with Crippen LogP contribution in [-0.2, 0) is 11.7 Å². The van der Waals surface area contributed by atoms with Crippen LogP contribution in [0.4, 0.5) is 13.2 Å². The highest BCUT2D eigenvalue weighted by Crippen LogP contribution is 2.45. The summed E-state index contributed by atoms with van der Waals surface area (Å²) in [5.41, 5.74) is 8.36. The number of halogens is 3. The summed E-state index contributed by atoms with van der Waals surface area (Å²) in [5, 5.41) is 3.94. The molecule has 23 heavy (non-hydrogen) atoms. The molecule has 0 aromatic heterocycles. The third-order valence-electron chi connectivity index (χ3n) is 3.96. The van der Waals surface area contributed by atoms with E-state index < -0.39 is 17.3 Å². The van der Waals surface area contributed by atoms with Gasteiger partial charge in [0.25, 0.3) is 0 Å². The van der Waals surface area contributed by atoms with Gasteiger partial charge >= 0.3 is 6.18 Å². The zero-order valence-corrected chi connectivity index (χ0v) is 11.9.